The first-order valence-corrected chi connectivity index (χ1v) is 6.59. The van der Waals surface area contributed by atoms with Crippen LogP contribution in [-0.2, 0) is 14.8 Å². The topological polar surface area (TPSA) is 102 Å². The van der Waals surface area contributed by atoms with E-state index in [1.165, 1.54) is 12.1 Å². The summed E-state index contributed by atoms with van der Waals surface area (Å²) in [6.07, 6.45) is 1.07. The first-order chi connectivity index (χ1) is 7.81. The maximum Gasteiger partial charge on any atom is 0.242 e. The van der Waals surface area contributed by atoms with Gasteiger partial charge >= 0.3 is 0 Å². The molecule has 1 unspecified atom stereocenters. The number of carbonyl (C=O) groups is 1. The van der Waals surface area contributed by atoms with E-state index in [0.717, 1.165) is 6.20 Å². The molecule has 0 aliphatic heterocycles. The zero-order valence-electron chi connectivity index (χ0n) is 9.05. The average Bonchev–Trinajstić information content (AvgIpc) is 2.15. The minimum Gasteiger partial charge on any atom is -0.370 e. The molecule has 0 aliphatic rings. The number of aromatic nitrogens is 1. The van der Waals surface area contributed by atoms with E-state index in [1.54, 1.807) is 6.92 Å². The Hall–Kier alpha value is -1.18. The van der Waals surface area contributed by atoms with E-state index < -0.39 is 22.0 Å². The molecule has 0 fully saturated rings. The molecule has 1 amide bonds. The SMILES string of the molecule is CC(CC(N)=O)NS(=O)(=O)c1ccc(Cl)nc1. The first-order valence-electron chi connectivity index (χ1n) is 4.73. The van der Waals surface area contributed by atoms with Crippen molar-refractivity contribution in [3.8, 4) is 0 Å². The van der Waals surface area contributed by atoms with E-state index in [2.05, 4.69) is 9.71 Å². The number of carbonyl (C=O) groups excluding carboxylic acids is 1. The fourth-order valence-corrected chi connectivity index (χ4v) is 2.50. The highest BCUT2D eigenvalue weighted by atomic mass is 35.5. The van der Waals surface area contributed by atoms with E-state index >= 15 is 0 Å². The fraction of sp³-hybridized carbons (Fsp3) is 0.333. The number of sulfonamides is 1. The molecule has 0 bridgehead atoms. The summed E-state index contributed by atoms with van der Waals surface area (Å²) < 4.78 is 25.9. The van der Waals surface area contributed by atoms with Crippen molar-refractivity contribution in [1.82, 2.24) is 9.71 Å². The molecule has 1 aromatic rings. The molecule has 1 rings (SSSR count). The predicted molar refractivity (Wildman–Crippen MR) is 62.8 cm³/mol. The smallest absolute Gasteiger partial charge is 0.242 e. The first kappa shape index (κ1) is 13.9. The molecule has 6 nitrogen and oxygen atoms in total. The maximum absolute atomic E-state index is 11.8. The van der Waals surface area contributed by atoms with E-state index in [4.69, 9.17) is 17.3 Å². The number of hydrogen-bond donors (Lipinski definition) is 2. The summed E-state index contributed by atoms with van der Waals surface area (Å²) in [5.41, 5.74) is 4.97. The van der Waals surface area contributed by atoms with Gasteiger partial charge in [-0.1, -0.05) is 11.6 Å². The fourth-order valence-electron chi connectivity index (χ4n) is 1.20. The highest BCUT2D eigenvalue weighted by Gasteiger charge is 2.18. The number of hydrogen-bond acceptors (Lipinski definition) is 4. The number of nitrogens with zero attached hydrogens (tertiary/aromatic N) is 1. The molecule has 0 radical (unpaired) electrons. The number of primary amides is 1. The third-order valence-corrected chi connectivity index (χ3v) is 3.67. The monoisotopic (exact) mass is 277 g/mol. The quantitative estimate of drug-likeness (QED) is 0.755. The maximum atomic E-state index is 11.8. The molecule has 0 aliphatic carbocycles. The minimum atomic E-state index is -3.70. The summed E-state index contributed by atoms with van der Waals surface area (Å²) in [5, 5.41) is 0.203. The average molecular weight is 278 g/mol. The predicted octanol–water partition coefficient (Wildman–Crippen LogP) is 0.277. The van der Waals surface area contributed by atoms with Crippen molar-refractivity contribution in [1.29, 1.82) is 0 Å². The van der Waals surface area contributed by atoms with Gasteiger partial charge < -0.3 is 5.73 Å². The Morgan fingerprint density at radius 2 is 2.24 bits per heavy atom. The molecule has 3 N–H and O–H groups in total. The molecule has 0 spiro atoms. The molecule has 0 aromatic carbocycles. The highest BCUT2D eigenvalue weighted by Crippen LogP contribution is 2.11. The molecule has 0 saturated heterocycles. The van der Waals surface area contributed by atoms with Gasteiger partial charge in [0.2, 0.25) is 15.9 Å². The Labute approximate surface area is 104 Å². The molecule has 94 valence electrons. The highest BCUT2D eigenvalue weighted by molar-refractivity contribution is 7.89. The molecule has 1 heterocycles. The molecule has 17 heavy (non-hydrogen) atoms. The lowest BCUT2D eigenvalue weighted by Crippen LogP contribution is -2.35. The van der Waals surface area contributed by atoms with Crippen molar-refractivity contribution >= 4 is 27.5 Å². The lowest BCUT2D eigenvalue weighted by atomic mass is 10.2. The second kappa shape index (κ2) is 5.44. The molecule has 1 aromatic heterocycles. The summed E-state index contributed by atoms with van der Waals surface area (Å²) in [6.45, 7) is 1.55. The Bertz CT molecular complexity index is 501. The van der Waals surface area contributed by atoms with Gasteiger partial charge in [-0.25, -0.2) is 18.1 Å². The third-order valence-electron chi connectivity index (χ3n) is 1.87. The van der Waals surface area contributed by atoms with E-state index in [9.17, 15) is 13.2 Å². The molecule has 0 saturated carbocycles. The summed E-state index contributed by atoms with van der Waals surface area (Å²) in [5.74, 6) is -0.575. The van der Waals surface area contributed by atoms with Gasteiger partial charge in [-0.15, -0.1) is 0 Å². The number of nitrogens with two attached hydrogens (primary N) is 1. The summed E-state index contributed by atoms with van der Waals surface area (Å²) in [6, 6.07) is 2.12. The van der Waals surface area contributed by atoms with Crippen LogP contribution in [-0.4, -0.2) is 25.4 Å². The van der Waals surface area contributed by atoms with E-state index in [-0.39, 0.29) is 16.5 Å². The lowest BCUT2D eigenvalue weighted by molar-refractivity contribution is -0.118. The van der Waals surface area contributed by atoms with Gasteiger partial charge in [0.1, 0.15) is 10.0 Å². The minimum absolute atomic E-state index is 0.0155. The lowest BCUT2D eigenvalue weighted by Gasteiger charge is -2.12. The van der Waals surface area contributed by atoms with Crippen molar-refractivity contribution in [2.75, 3.05) is 0 Å². The van der Waals surface area contributed by atoms with Gasteiger partial charge in [0.05, 0.1) is 0 Å². The van der Waals surface area contributed by atoms with Crippen molar-refractivity contribution in [3.05, 3.63) is 23.5 Å². The third kappa shape index (κ3) is 4.29. The van der Waals surface area contributed by atoms with Crippen LogP contribution >= 0.6 is 11.6 Å². The van der Waals surface area contributed by atoms with Gasteiger partial charge in [-0.3, -0.25) is 4.79 Å². The molecular weight excluding hydrogens is 266 g/mol. The van der Waals surface area contributed by atoms with Gasteiger partial charge in [0, 0.05) is 18.7 Å². The van der Waals surface area contributed by atoms with Crippen LogP contribution in [0.1, 0.15) is 13.3 Å². The van der Waals surface area contributed by atoms with Crippen LogP contribution in [0.4, 0.5) is 0 Å². The van der Waals surface area contributed by atoms with Crippen molar-refractivity contribution < 1.29 is 13.2 Å². The van der Waals surface area contributed by atoms with Crippen molar-refractivity contribution in [2.24, 2.45) is 5.73 Å². The van der Waals surface area contributed by atoms with Gasteiger partial charge in [0.25, 0.3) is 0 Å². The number of rotatable bonds is 5. The zero-order valence-corrected chi connectivity index (χ0v) is 10.6. The van der Waals surface area contributed by atoms with Crippen LogP contribution < -0.4 is 10.5 Å². The number of halogens is 1. The normalized spacial score (nSPS) is 13.3. The Kier molecular flexibility index (Phi) is 4.44. The van der Waals surface area contributed by atoms with Gasteiger partial charge in [-0.2, -0.15) is 0 Å². The van der Waals surface area contributed by atoms with Crippen molar-refractivity contribution in [3.63, 3.8) is 0 Å². The zero-order chi connectivity index (χ0) is 13.1. The van der Waals surface area contributed by atoms with Crippen LogP contribution in [0.15, 0.2) is 23.2 Å². The van der Waals surface area contributed by atoms with Crippen LogP contribution in [0, 0.1) is 0 Å². The molecule has 1 atom stereocenters. The summed E-state index contributed by atoms with van der Waals surface area (Å²) in [4.78, 5) is 14.3. The molecule has 8 heteroatoms. The standard InChI is InChI=1S/C9H12ClN3O3S/c1-6(4-9(11)14)13-17(15,16)7-2-3-8(10)12-5-7/h2-3,5-6,13H,4H2,1H3,(H2,11,14). The van der Waals surface area contributed by atoms with Crippen LogP contribution in [0.5, 0.6) is 0 Å². The van der Waals surface area contributed by atoms with Crippen LogP contribution in [0.2, 0.25) is 5.15 Å². The van der Waals surface area contributed by atoms with Gasteiger partial charge in [-0.05, 0) is 19.1 Å². The number of nitrogens with one attached hydrogen (secondary N) is 1. The Balaban J connectivity index is 2.82. The van der Waals surface area contributed by atoms with Crippen LogP contribution in [0.25, 0.3) is 0 Å². The van der Waals surface area contributed by atoms with Crippen molar-refractivity contribution in [2.45, 2.75) is 24.3 Å². The Morgan fingerprint density at radius 1 is 1.59 bits per heavy atom. The van der Waals surface area contributed by atoms with E-state index in [1.807, 2.05) is 0 Å². The second-order valence-electron chi connectivity index (χ2n) is 3.51. The number of amides is 1. The van der Waals surface area contributed by atoms with E-state index in [0.29, 0.717) is 0 Å². The second-order valence-corrected chi connectivity index (χ2v) is 5.61. The largest absolute Gasteiger partial charge is 0.370 e. The summed E-state index contributed by atoms with van der Waals surface area (Å²) >= 11 is 5.55. The Morgan fingerprint density at radius 3 is 2.71 bits per heavy atom. The van der Waals surface area contributed by atoms with Crippen LogP contribution in [0.3, 0.4) is 0 Å². The summed E-state index contributed by atoms with van der Waals surface area (Å²) in [7, 11) is -3.70. The number of pyridine rings is 1. The van der Waals surface area contributed by atoms with Gasteiger partial charge in [0.15, 0.2) is 0 Å². The molecular formula is C9H12ClN3O3S.